The lowest BCUT2D eigenvalue weighted by molar-refractivity contribution is 0.121. The second-order valence-corrected chi connectivity index (χ2v) is 6.77. The van der Waals surface area contributed by atoms with E-state index in [9.17, 15) is 0 Å². The van der Waals surface area contributed by atoms with Crippen molar-refractivity contribution in [2.45, 2.75) is 38.0 Å². The number of hydrogen-bond donors (Lipinski definition) is 2. The Balaban J connectivity index is 1.80. The Morgan fingerprint density at radius 1 is 1.23 bits per heavy atom. The molecular formula is C22H27BN2O. The molecule has 0 spiro atoms. The Morgan fingerprint density at radius 2 is 1.88 bits per heavy atom. The van der Waals surface area contributed by atoms with Crippen LogP contribution < -0.4 is 11.0 Å². The van der Waals surface area contributed by atoms with Crippen molar-refractivity contribution in [3.8, 4) is 0 Å². The molecule has 3 rings (SSSR count). The summed E-state index contributed by atoms with van der Waals surface area (Å²) >= 11 is 0. The van der Waals surface area contributed by atoms with Crippen molar-refractivity contribution in [2.24, 2.45) is 5.73 Å². The maximum absolute atomic E-state index is 6.57. The third kappa shape index (κ3) is 4.53. The molecule has 0 amide bonds. The molecule has 3 nitrogen and oxygen atoms in total. The lowest BCUT2D eigenvalue weighted by Crippen LogP contribution is -2.55. The van der Waals surface area contributed by atoms with Crippen molar-refractivity contribution in [3.63, 3.8) is 0 Å². The average molecular weight is 346 g/mol. The van der Waals surface area contributed by atoms with Crippen LogP contribution in [0.25, 0.3) is 0 Å². The largest absolute Gasteiger partial charge is 0.416 e. The molecule has 3 unspecified atom stereocenters. The summed E-state index contributed by atoms with van der Waals surface area (Å²) in [6.07, 6.45) is 5.52. The van der Waals surface area contributed by atoms with Crippen molar-refractivity contribution < 1.29 is 4.65 Å². The maximum Gasteiger partial charge on any atom is 0.416 e. The molecule has 0 saturated carbocycles. The van der Waals surface area contributed by atoms with Gasteiger partial charge in [-0.2, -0.15) is 0 Å². The molecule has 1 aliphatic heterocycles. The van der Waals surface area contributed by atoms with E-state index in [0.717, 1.165) is 18.3 Å². The first-order valence-electron chi connectivity index (χ1n) is 9.26. The number of rotatable bonds is 6. The number of nitrogens with one attached hydrogen (secondary N) is 1. The Kier molecular flexibility index (Phi) is 6.45. The van der Waals surface area contributed by atoms with E-state index in [1.165, 1.54) is 11.1 Å². The predicted molar refractivity (Wildman–Crippen MR) is 110 cm³/mol. The summed E-state index contributed by atoms with van der Waals surface area (Å²) in [6, 6.07) is 21.0. The molecule has 0 radical (unpaired) electrons. The summed E-state index contributed by atoms with van der Waals surface area (Å²) in [5.41, 5.74) is 10.1. The van der Waals surface area contributed by atoms with E-state index in [0.29, 0.717) is 0 Å². The first-order valence-corrected chi connectivity index (χ1v) is 9.26. The molecule has 0 bridgehead atoms. The summed E-state index contributed by atoms with van der Waals surface area (Å²) in [6.45, 7) is 5.93. The summed E-state index contributed by atoms with van der Waals surface area (Å²) in [4.78, 5) is 0. The second-order valence-electron chi connectivity index (χ2n) is 6.77. The minimum atomic E-state index is -0.191. The molecule has 1 saturated heterocycles. The molecule has 1 fully saturated rings. The van der Waals surface area contributed by atoms with E-state index >= 15 is 0 Å². The van der Waals surface area contributed by atoms with Crippen molar-refractivity contribution in [1.29, 1.82) is 0 Å². The fourth-order valence-electron chi connectivity index (χ4n) is 3.51. The third-order valence-electron chi connectivity index (χ3n) is 5.00. The predicted octanol–water partition coefficient (Wildman–Crippen LogP) is 3.84. The van der Waals surface area contributed by atoms with Crippen LogP contribution in [-0.4, -0.2) is 19.2 Å². The van der Waals surface area contributed by atoms with Crippen LogP contribution in [0.15, 0.2) is 84.9 Å². The number of nitrogens with two attached hydrogens (primary N) is 1. The fraction of sp³-hybridized carbons (Fsp3) is 0.273. The molecule has 3 atom stereocenters. The highest BCUT2D eigenvalue weighted by Gasteiger charge is 2.36. The zero-order chi connectivity index (χ0) is 18.4. The Morgan fingerprint density at radius 3 is 2.50 bits per heavy atom. The van der Waals surface area contributed by atoms with Crippen molar-refractivity contribution in [3.05, 3.63) is 96.0 Å². The van der Waals surface area contributed by atoms with E-state index in [4.69, 9.17) is 10.4 Å². The van der Waals surface area contributed by atoms with E-state index in [1.54, 1.807) is 0 Å². The molecule has 0 aliphatic carbocycles. The Bertz CT molecular complexity index is 732. The van der Waals surface area contributed by atoms with Crippen LogP contribution >= 0.6 is 0 Å². The lowest BCUT2D eigenvalue weighted by atomic mass is 9.68. The second kappa shape index (κ2) is 8.99. The molecule has 3 N–H and O–H groups in total. The molecule has 1 heterocycles. The van der Waals surface area contributed by atoms with Crippen LogP contribution in [0.2, 0.25) is 0 Å². The first kappa shape index (κ1) is 18.6. The quantitative estimate of drug-likeness (QED) is 0.617. The maximum atomic E-state index is 6.57. The minimum Gasteiger partial charge on any atom is -0.413 e. The first-order chi connectivity index (χ1) is 12.7. The Hall–Kier alpha value is -2.14. The highest BCUT2D eigenvalue weighted by molar-refractivity contribution is 6.59. The highest BCUT2D eigenvalue weighted by atomic mass is 16.5. The minimum absolute atomic E-state index is 0.0263. The van der Waals surface area contributed by atoms with Crippen molar-refractivity contribution in [2.75, 3.05) is 0 Å². The van der Waals surface area contributed by atoms with Crippen LogP contribution in [0.1, 0.15) is 30.5 Å². The van der Waals surface area contributed by atoms with E-state index in [2.05, 4.69) is 60.3 Å². The number of allylic oxidation sites excluding steroid dienone is 3. The molecule has 134 valence electrons. The third-order valence-corrected chi connectivity index (χ3v) is 5.00. The molecular weight excluding hydrogens is 319 g/mol. The summed E-state index contributed by atoms with van der Waals surface area (Å²) in [5.74, 6) is 0. The van der Waals surface area contributed by atoms with Crippen LogP contribution in [0, 0.1) is 0 Å². The van der Waals surface area contributed by atoms with Gasteiger partial charge in [0.25, 0.3) is 0 Å². The number of hydrogen-bond acceptors (Lipinski definition) is 3. The zero-order valence-corrected chi connectivity index (χ0v) is 15.3. The standard InChI is InChI=1S/C22H27BN2O/c1-3-19(4-2)23-25-21(18-13-9-6-10-14-18)16-22(26-23)20(24)15-17-11-7-5-8-12-17/h3-14,20-22,25H,1,15-16,24H2,2H3/b19-4-. The molecule has 1 aliphatic rings. The molecule has 2 aromatic rings. The summed E-state index contributed by atoms with van der Waals surface area (Å²) in [5, 5.41) is 3.60. The molecule has 26 heavy (non-hydrogen) atoms. The molecule has 2 aromatic carbocycles. The van der Waals surface area contributed by atoms with Crippen LogP contribution in [-0.2, 0) is 11.1 Å². The van der Waals surface area contributed by atoms with Gasteiger partial charge in [-0.1, -0.05) is 79.4 Å². The van der Waals surface area contributed by atoms with Crippen LogP contribution in [0.3, 0.4) is 0 Å². The average Bonchev–Trinajstić information content (AvgIpc) is 2.70. The summed E-state index contributed by atoms with van der Waals surface area (Å²) in [7, 11) is -0.191. The van der Waals surface area contributed by atoms with Gasteiger partial charge in [0, 0.05) is 12.1 Å². The number of benzene rings is 2. The smallest absolute Gasteiger partial charge is 0.413 e. The van der Waals surface area contributed by atoms with Crippen molar-refractivity contribution >= 4 is 7.05 Å². The van der Waals surface area contributed by atoms with E-state index in [1.807, 2.05) is 31.2 Å². The van der Waals surface area contributed by atoms with Gasteiger partial charge in [0.15, 0.2) is 0 Å². The lowest BCUT2D eigenvalue weighted by Gasteiger charge is -2.38. The van der Waals surface area contributed by atoms with E-state index < -0.39 is 0 Å². The van der Waals surface area contributed by atoms with Gasteiger partial charge in [0.05, 0.1) is 6.10 Å². The van der Waals surface area contributed by atoms with Gasteiger partial charge in [-0.25, -0.2) is 0 Å². The van der Waals surface area contributed by atoms with Crippen LogP contribution in [0.4, 0.5) is 0 Å². The normalized spacial score (nSPS) is 22.1. The fourth-order valence-corrected chi connectivity index (χ4v) is 3.51. The SMILES string of the molecule is C=C/C(=C/C)B1NC(c2ccccc2)CC(C(N)Cc2ccccc2)O1. The van der Waals surface area contributed by atoms with Gasteiger partial charge >= 0.3 is 7.05 Å². The topological polar surface area (TPSA) is 47.3 Å². The molecule has 4 heteroatoms. The van der Waals surface area contributed by atoms with Gasteiger partial charge in [-0.3, -0.25) is 0 Å². The van der Waals surface area contributed by atoms with Gasteiger partial charge in [0.1, 0.15) is 0 Å². The van der Waals surface area contributed by atoms with Gasteiger partial charge < -0.3 is 15.6 Å². The van der Waals surface area contributed by atoms with Gasteiger partial charge in [-0.15, -0.1) is 0 Å². The molecule has 0 aromatic heterocycles. The zero-order valence-electron chi connectivity index (χ0n) is 15.3. The van der Waals surface area contributed by atoms with Crippen LogP contribution in [0.5, 0.6) is 0 Å². The Labute approximate surface area is 157 Å². The summed E-state index contributed by atoms with van der Waals surface area (Å²) < 4.78 is 6.34. The van der Waals surface area contributed by atoms with Gasteiger partial charge in [0.2, 0.25) is 0 Å². The monoisotopic (exact) mass is 346 g/mol. The van der Waals surface area contributed by atoms with E-state index in [-0.39, 0.29) is 25.2 Å². The van der Waals surface area contributed by atoms with Crippen molar-refractivity contribution in [1.82, 2.24) is 5.23 Å². The highest BCUT2D eigenvalue weighted by Crippen LogP contribution is 2.28. The van der Waals surface area contributed by atoms with Gasteiger partial charge in [-0.05, 0) is 36.4 Å².